The third kappa shape index (κ3) is 5.18. The molecule has 2 atom stereocenters. The van der Waals surface area contributed by atoms with E-state index in [2.05, 4.69) is 67.1 Å². The van der Waals surface area contributed by atoms with Gasteiger partial charge in [-0.3, -0.25) is 0 Å². The number of nitrogens with one attached hydrogen (secondary N) is 2. The van der Waals surface area contributed by atoms with Gasteiger partial charge >= 0.3 is 0 Å². The van der Waals surface area contributed by atoms with Crippen molar-refractivity contribution in [2.45, 2.75) is 70.5 Å². The number of hydrogen-bond acceptors (Lipinski definition) is 4. The van der Waals surface area contributed by atoms with Crippen LogP contribution < -0.4 is 10.6 Å². The quantitative estimate of drug-likeness (QED) is 0.273. The Morgan fingerprint density at radius 3 is 2.48 bits per heavy atom. The minimum Gasteiger partial charge on any atom is -0.464 e. The molecule has 5 rings (SSSR count). The number of benzene rings is 2. The molecule has 0 saturated heterocycles. The topological polar surface area (TPSA) is 50.3 Å². The zero-order valence-electron chi connectivity index (χ0n) is 19.9. The van der Waals surface area contributed by atoms with Gasteiger partial charge in [0, 0.05) is 22.9 Å². The Hall–Kier alpha value is -2.56. The summed E-state index contributed by atoms with van der Waals surface area (Å²) in [5.41, 5.74) is 4.67. The largest absolute Gasteiger partial charge is 0.464 e. The standard InChI is InChI=1S/C29H36N2O2/c1-3-5-25(16-20-8-10-28-23(14-20)12-13-32-28)31-19-26-18-24-15-21(9-11-29(24)33-26)17-27(30-2)22-6-4-7-22/h8-15,18,22,25,27,30-31H,3-7,16-17,19H2,1-2H3. The smallest absolute Gasteiger partial charge is 0.134 e. The molecule has 1 fully saturated rings. The van der Waals surface area contributed by atoms with Crippen LogP contribution in [0.25, 0.3) is 21.9 Å². The normalized spacial score (nSPS) is 16.3. The molecule has 4 heteroatoms. The zero-order valence-corrected chi connectivity index (χ0v) is 19.9. The predicted molar refractivity (Wildman–Crippen MR) is 136 cm³/mol. The van der Waals surface area contributed by atoms with Gasteiger partial charge in [0.05, 0.1) is 12.8 Å². The van der Waals surface area contributed by atoms with Crippen LogP contribution in [0.3, 0.4) is 0 Å². The van der Waals surface area contributed by atoms with E-state index in [1.807, 2.05) is 6.07 Å². The highest BCUT2D eigenvalue weighted by molar-refractivity contribution is 5.79. The van der Waals surface area contributed by atoms with E-state index in [-0.39, 0.29) is 0 Å². The highest BCUT2D eigenvalue weighted by atomic mass is 16.3. The first kappa shape index (κ1) is 22.2. The van der Waals surface area contributed by atoms with Crippen molar-refractivity contribution >= 4 is 21.9 Å². The highest BCUT2D eigenvalue weighted by Gasteiger charge is 2.26. The molecule has 0 bridgehead atoms. The molecule has 2 aromatic carbocycles. The number of hydrogen-bond donors (Lipinski definition) is 2. The average molecular weight is 445 g/mol. The summed E-state index contributed by atoms with van der Waals surface area (Å²) in [5.74, 6) is 1.84. The predicted octanol–water partition coefficient (Wildman–Crippen LogP) is 6.61. The summed E-state index contributed by atoms with van der Waals surface area (Å²) >= 11 is 0. The van der Waals surface area contributed by atoms with Crippen LogP contribution >= 0.6 is 0 Å². The van der Waals surface area contributed by atoms with Gasteiger partial charge in [-0.25, -0.2) is 0 Å². The van der Waals surface area contributed by atoms with Gasteiger partial charge < -0.3 is 19.5 Å². The molecule has 0 amide bonds. The fourth-order valence-corrected chi connectivity index (χ4v) is 5.26. The van der Waals surface area contributed by atoms with Crippen molar-refractivity contribution in [2.24, 2.45) is 5.92 Å². The lowest BCUT2D eigenvalue weighted by Crippen LogP contribution is -2.38. The second-order valence-corrected chi connectivity index (χ2v) is 9.74. The summed E-state index contributed by atoms with van der Waals surface area (Å²) in [6.45, 7) is 3.00. The number of furan rings is 2. The van der Waals surface area contributed by atoms with Crippen LogP contribution in [-0.2, 0) is 19.4 Å². The summed E-state index contributed by atoms with van der Waals surface area (Å²) in [4.78, 5) is 0. The van der Waals surface area contributed by atoms with E-state index < -0.39 is 0 Å². The second kappa shape index (κ2) is 10.1. The Morgan fingerprint density at radius 1 is 0.939 bits per heavy atom. The Balaban J connectivity index is 1.23. The average Bonchev–Trinajstić information content (AvgIpc) is 3.41. The van der Waals surface area contributed by atoms with Gasteiger partial charge in [0.1, 0.15) is 16.9 Å². The summed E-state index contributed by atoms with van der Waals surface area (Å²) in [7, 11) is 2.10. The van der Waals surface area contributed by atoms with Gasteiger partial charge in [0.25, 0.3) is 0 Å². The van der Waals surface area contributed by atoms with Crippen molar-refractivity contribution < 1.29 is 8.83 Å². The zero-order chi connectivity index (χ0) is 22.6. The molecular formula is C29H36N2O2. The molecule has 2 N–H and O–H groups in total. The van der Waals surface area contributed by atoms with E-state index in [9.17, 15) is 0 Å². The first-order chi connectivity index (χ1) is 16.2. The number of fused-ring (bicyclic) bond motifs is 2. The van der Waals surface area contributed by atoms with Crippen molar-refractivity contribution in [2.75, 3.05) is 7.05 Å². The Labute approximate surface area is 196 Å². The first-order valence-electron chi connectivity index (χ1n) is 12.6. The van der Waals surface area contributed by atoms with Crippen LogP contribution in [0, 0.1) is 5.92 Å². The molecule has 33 heavy (non-hydrogen) atoms. The second-order valence-electron chi connectivity index (χ2n) is 9.74. The maximum atomic E-state index is 6.17. The molecule has 1 aliphatic rings. The fourth-order valence-electron chi connectivity index (χ4n) is 5.26. The lowest BCUT2D eigenvalue weighted by Gasteiger charge is -2.33. The van der Waals surface area contributed by atoms with Crippen LogP contribution in [0.1, 0.15) is 55.9 Å². The molecule has 2 aromatic heterocycles. The van der Waals surface area contributed by atoms with Gasteiger partial charge in [0.15, 0.2) is 0 Å². The lowest BCUT2D eigenvalue weighted by molar-refractivity contribution is 0.236. The van der Waals surface area contributed by atoms with Crippen molar-refractivity contribution in [1.29, 1.82) is 0 Å². The van der Waals surface area contributed by atoms with Crippen LogP contribution in [0.4, 0.5) is 0 Å². The number of likely N-dealkylation sites (N-methyl/N-ethyl adjacent to an activating group) is 1. The maximum absolute atomic E-state index is 6.17. The maximum Gasteiger partial charge on any atom is 0.134 e. The van der Waals surface area contributed by atoms with E-state index in [4.69, 9.17) is 8.83 Å². The van der Waals surface area contributed by atoms with Gasteiger partial charge in [0.2, 0.25) is 0 Å². The van der Waals surface area contributed by atoms with E-state index in [1.54, 1.807) is 6.26 Å². The van der Waals surface area contributed by atoms with E-state index >= 15 is 0 Å². The number of rotatable bonds is 11. The van der Waals surface area contributed by atoms with Gasteiger partial charge in [-0.05, 0) is 92.6 Å². The van der Waals surface area contributed by atoms with Crippen molar-refractivity contribution in [3.8, 4) is 0 Å². The minimum absolute atomic E-state index is 0.419. The molecule has 1 saturated carbocycles. The molecule has 4 aromatic rings. The van der Waals surface area contributed by atoms with Crippen LogP contribution in [0.5, 0.6) is 0 Å². The summed E-state index contributed by atoms with van der Waals surface area (Å²) in [6, 6.07) is 18.4. The van der Waals surface area contributed by atoms with Crippen molar-refractivity contribution in [1.82, 2.24) is 10.6 Å². The van der Waals surface area contributed by atoms with E-state index in [0.717, 1.165) is 55.1 Å². The monoisotopic (exact) mass is 444 g/mol. The van der Waals surface area contributed by atoms with Crippen LogP contribution in [0.2, 0.25) is 0 Å². The Kier molecular flexibility index (Phi) is 6.84. The van der Waals surface area contributed by atoms with Gasteiger partial charge in [-0.1, -0.05) is 31.9 Å². The SMILES string of the molecule is CCCC(Cc1ccc2occc2c1)NCc1cc2cc(CC(NC)C3CCC3)ccc2o1. The molecule has 174 valence electrons. The Morgan fingerprint density at radius 2 is 1.73 bits per heavy atom. The van der Waals surface area contributed by atoms with Crippen molar-refractivity contribution in [3.63, 3.8) is 0 Å². The summed E-state index contributed by atoms with van der Waals surface area (Å²) in [6.07, 6.45) is 10.3. The van der Waals surface area contributed by atoms with Gasteiger partial charge in [-0.15, -0.1) is 0 Å². The van der Waals surface area contributed by atoms with Gasteiger partial charge in [-0.2, -0.15) is 0 Å². The molecule has 2 unspecified atom stereocenters. The summed E-state index contributed by atoms with van der Waals surface area (Å²) < 4.78 is 11.7. The van der Waals surface area contributed by atoms with Crippen LogP contribution in [0.15, 0.2) is 63.6 Å². The third-order valence-corrected chi connectivity index (χ3v) is 7.38. The van der Waals surface area contributed by atoms with Crippen LogP contribution in [-0.4, -0.2) is 19.1 Å². The highest BCUT2D eigenvalue weighted by Crippen LogP contribution is 2.31. The molecule has 2 heterocycles. The fraction of sp³-hybridized carbons (Fsp3) is 0.448. The molecule has 0 radical (unpaired) electrons. The molecule has 0 aliphatic heterocycles. The molecule has 4 nitrogen and oxygen atoms in total. The lowest BCUT2D eigenvalue weighted by atomic mass is 9.77. The molecular weight excluding hydrogens is 408 g/mol. The minimum atomic E-state index is 0.419. The Bertz CT molecular complexity index is 1190. The molecule has 0 spiro atoms. The summed E-state index contributed by atoms with van der Waals surface area (Å²) in [5, 5.41) is 9.67. The van der Waals surface area contributed by atoms with E-state index in [1.165, 1.54) is 41.2 Å². The molecule has 1 aliphatic carbocycles. The van der Waals surface area contributed by atoms with E-state index in [0.29, 0.717) is 12.1 Å². The first-order valence-corrected chi connectivity index (χ1v) is 12.6. The van der Waals surface area contributed by atoms with Crippen molar-refractivity contribution in [3.05, 3.63) is 71.7 Å². The third-order valence-electron chi connectivity index (χ3n) is 7.38.